The maximum absolute atomic E-state index is 12.6. The Bertz CT molecular complexity index is 420. The average molecular weight is 283 g/mol. The molecule has 0 bridgehead atoms. The molecule has 0 spiro atoms. The fraction of sp³-hybridized carbons (Fsp3) is 0.500. The van der Waals surface area contributed by atoms with E-state index in [2.05, 4.69) is 0 Å². The molecule has 1 unspecified atom stereocenters. The molecule has 1 N–H and O–H groups in total. The molecule has 0 aromatic heterocycles. The van der Waals surface area contributed by atoms with Gasteiger partial charge < -0.3 is 24.4 Å². The first-order valence-corrected chi connectivity index (χ1v) is 6.43. The van der Waals surface area contributed by atoms with Crippen molar-refractivity contribution in [1.82, 2.24) is 0 Å². The fourth-order valence-electron chi connectivity index (χ4n) is 1.87. The second-order valence-corrected chi connectivity index (χ2v) is 4.58. The van der Waals surface area contributed by atoms with Gasteiger partial charge >= 0.3 is 5.97 Å². The van der Waals surface area contributed by atoms with Crippen LogP contribution < -0.4 is 4.74 Å². The number of esters is 1. The number of nitrogens with zero attached hydrogens (tertiary/aromatic N) is 1. The smallest absolute Gasteiger partial charge is 0.302 e. The van der Waals surface area contributed by atoms with Gasteiger partial charge in [-0.2, -0.15) is 0 Å². The van der Waals surface area contributed by atoms with Crippen LogP contribution in [0.5, 0.6) is 5.75 Å². The molecule has 0 aliphatic heterocycles. The third-order valence-corrected chi connectivity index (χ3v) is 2.94. The molecular formula is C14H21NO5. The maximum atomic E-state index is 12.6. The molecule has 6 nitrogen and oxygen atoms in total. The zero-order chi connectivity index (χ0) is 15.0. The van der Waals surface area contributed by atoms with Crippen molar-refractivity contribution in [3.63, 3.8) is 0 Å². The minimum absolute atomic E-state index is 0.0506. The van der Waals surface area contributed by atoms with Crippen molar-refractivity contribution in [1.29, 1.82) is 0 Å². The molecule has 20 heavy (non-hydrogen) atoms. The van der Waals surface area contributed by atoms with Crippen LogP contribution in [0.15, 0.2) is 24.3 Å². The third-order valence-electron chi connectivity index (χ3n) is 2.94. The summed E-state index contributed by atoms with van der Waals surface area (Å²) < 4.78 is 9.23. The fourth-order valence-corrected chi connectivity index (χ4v) is 1.87. The van der Waals surface area contributed by atoms with Crippen LogP contribution >= 0.6 is 0 Å². The van der Waals surface area contributed by atoms with Crippen molar-refractivity contribution in [3.05, 3.63) is 35.0 Å². The van der Waals surface area contributed by atoms with Gasteiger partial charge in [0.05, 0.1) is 13.7 Å². The molecule has 0 fully saturated rings. The van der Waals surface area contributed by atoms with Crippen LogP contribution in [0.2, 0.25) is 0 Å². The lowest BCUT2D eigenvalue weighted by Crippen LogP contribution is -2.46. The number of hydroxylamine groups is 3. The Hall–Kier alpha value is -1.63. The molecule has 0 saturated carbocycles. The summed E-state index contributed by atoms with van der Waals surface area (Å²) in [5.41, 5.74) is 0.845. The number of rotatable bonds is 8. The van der Waals surface area contributed by atoms with E-state index >= 15 is 0 Å². The number of aliphatic hydroxyl groups excluding tert-OH is 1. The van der Waals surface area contributed by atoms with Gasteiger partial charge in [-0.3, -0.25) is 4.79 Å². The normalized spacial score (nSPS) is 13.6. The van der Waals surface area contributed by atoms with Crippen LogP contribution in [0, 0.1) is 5.21 Å². The Morgan fingerprint density at radius 2 is 1.95 bits per heavy atom. The first-order chi connectivity index (χ1) is 9.49. The van der Waals surface area contributed by atoms with Gasteiger partial charge in [-0.15, -0.1) is 0 Å². The van der Waals surface area contributed by atoms with E-state index in [1.165, 1.54) is 6.92 Å². The first-order valence-electron chi connectivity index (χ1n) is 6.43. The molecule has 0 aliphatic carbocycles. The number of methoxy groups -OCH3 is 1. The first kappa shape index (κ1) is 16.4. The molecule has 0 amide bonds. The third kappa shape index (κ3) is 5.56. The number of carbonyl (C=O) groups excluding carboxylic acids is 1. The summed E-state index contributed by atoms with van der Waals surface area (Å²) in [5.74, 6) is 0.310. The van der Waals surface area contributed by atoms with Crippen molar-refractivity contribution >= 4 is 5.97 Å². The van der Waals surface area contributed by atoms with Gasteiger partial charge in [-0.05, 0) is 24.3 Å². The van der Waals surface area contributed by atoms with Crippen LogP contribution in [0.1, 0.15) is 12.5 Å². The van der Waals surface area contributed by atoms with Gasteiger partial charge in [-0.1, -0.05) is 0 Å². The van der Waals surface area contributed by atoms with Crippen molar-refractivity contribution < 1.29 is 24.0 Å². The number of hydrogen-bond acceptors (Lipinski definition) is 5. The molecule has 1 atom stereocenters. The largest absolute Gasteiger partial charge is 0.632 e. The Kier molecular flexibility index (Phi) is 6.44. The summed E-state index contributed by atoms with van der Waals surface area (Å²) in [5, 5.41) is 21.6. The van der Waals surface area contributed by atoms with Crippen LogP contribution in [-0.4, -0.2) is 49.1 Å². The van der Waals surface area contributed by atoms with Crippen molar-refractivity contribution in [3.8, 4) is 5.75 Å². The molecular weight excluding hydrogens is 262 g/mol. The van der Waals surface area contributed by atoms with E-state index < -0.39 is 10.6 Å². The molecule has 1 rings (SSSR count). The van der Waals surface area contributed by atoms with Gasteiger partial charge in [0.2, 0.25) is 0 Å². The standard InChI is InChI=1S/C14H21NO5/c1-12(17)20-10-8-15(18,7-9-16)11-13-3-5-14(19-2)6-4-13/h3-6,16H,7-11H2,1-2H3. The predicted molar refractivity (Wildman–Crippen MR) is 73.8 cm³/mol. The van der Waals surface area contributed by atoms with Gasteiger partial charge in [0, 0.05) is 12.5 Å². The summed E-state index contributed by atoms with van der Waals surface area (Å²) in [7, 11) is 1.58. The summed E-state index contributed by atoms with van der Waals surface area (Å²) in [6, 6.07) is 7.19. The summed E-state index contributed by atoms with van der Waals surface area (Å²) in [4.78, 5) is 10.7. The minimum atomic E-state index is -0.629. The Morgan fingerprint density at radius 1 is 1.30 bits per heavy atom. The predicted octanol–water partition coefficient (Wildman–Crippen LogP) is 1.07. The molecule has 112 valence electrons. The van der Waals surface area contributed by atoms with Gasteiger partial charge in [0.15, 0.2) is 0 Å². The second-order valence-electron chi connectivity index (χ2n) is 4.58. The molecule has 0 heterocycles. The highest BCUT2D eigenvalue weighted by atomic mass is 16.6. The van der Waals surface area contributed by atoms with E-state index in [-0.39, 0.29) is 32.8 Å². The van der Waals surface area contributed by atoms with Crippen molar-refractivity contribution in [2.75, 3.05) is 33.4 Å². The monoisotopic (exact) mass is 283 g/mol. The lowest BCUT2D eigenvalue weighted by Gasteiger charge is -2.42. The Labute approximate surface area is 118 Å². The summed E-state index contributed by atoms with van der Waals surface area (Å²) >= 11 is 0. The average Bonchev–Trinajstić information content (AvgIpc) is 2.39. The quantitative estimate of drug-likeness (QED) is 0.438. The highest BCUT2D eigenvalue weighted by molar-refractivity contribution is 5.65. The van der Waals surface area contributed by atoms with Crippen LogP contribution in [0.3, 0.4) is 0 Å². The summed E-state index contributed by atoms with van der Waals surface area (Å²) in [6.45, 7) is 1.54. The van der Waals surface area contributed by atoms with E-state index in [9.17, 15) is 10.0 Å². The molecule has 1 aromatic carbocycles. The van der Waals surface area contributed by atoms with Gasteiger partial charge in [-0.25, -0.2) is 0 Å². The van der Waals surface area contributed by atoms with Crippen LogP contribution in [0.4, 0.5) is 0 Å². The van der Waals surface area contributed by atoms with Gasteiger partial charge in [0.1, 0.15) is 32.0 Å². The van der Waals surface area contributed by atoms with E-state index in [4.69, 9.17) is 14.6 Å². The number of hydrogen-bond donors (Lipinski definition) is 1. The zero-order valence-electron chi connectivity index (χ0n) is 11.9. The Balaban J connectivity index is 2.65. The Morgan fingerprint density at radius 3 is 2.45 bits per heavy atom. The molecule has 0 radical (unpaired) electrons. The van der Waals surface area contributed by atoms with E-state index in [0.717, 1.165) is 11.3 Å². The van der Waals surface area contributed by atoms with Crippen LogP contribution in [0.25, 0.3) is 0 Å². The molecule has 6 heteroatoms. The molecule has 0 saturated heterocycles. The number of benzene rings is 1. The lowest BCUT2D eigenvalue weighted by atomic mass is 10.2. The SMILES string of the molecule is COc1ccc(C[N+]([O-])(CCO)CCOC(C)=O)cc1. The number of carbonyl (C=O) groups is 1. The van der Waals surface area contributed by atoms with E-state index in [0.29, 0.717) is 0 Å². The minimum Gasteiger partial charge on any atom is -0.632 e. The highest BCUT2D eigenvalue weighted by Crippen LogP contribution is 2.16. The zero-order valence-corrected chi connectivity index (χ0v) is 11.9. The maximum Gasteiger partial charge on any atom is 0.302 e. The van der Waals surface area contributed by atoms with E-state index in [1.54, 1.807) is 19.2 Å². The lowest BCUT2D eigenvalue weighted by molar-refractivity contribution is -0.894. The van der Waals surface area contributed by atoms with Crippen LogP contribution in [-0.2, 0) is 16.1 Å². The summed E-state index contributed by atoms with van der Waals surface area (Å²) in [6.07, 6.45) is 0. The molecule has 1 aromatic rings. The molecule has 0 aliphatic rings. The highest BCUT2D eigenvalue weighted by Gasteiger charge is 2.17. The van der Waals surface area contributed by atoms with Crippen molar-refractivity contribution in [2.24, 2.45) is 0 Å². The topological polar surface area (TPSA) is 78.8 Å². The van der Waals surface area contributed by atoms with Gasteiger partial charge in [0.25, 0.3) is 0 Å². The number of ether oxygens (including phenoxy) is 2. The van der Waals surface area contributed by atoms with E-state index in [1.807, 2.05) is 12.1 Å². The number of aliphatic hydroxyl groups is 1. The number of quaternary nitrogens is 1. The second kappa shape index (κ2) is 7.84. The van der Waals surface area contributed by atoms with Crippen molar-refractivity contribution in [2.45, 2.75) is 13.5 Å².